The fraction of sp³-hybridized carbons (Fsp3) is 0.174. The third kappa shape index (κ3) is 1.67. The second-order valence-electron chi connectivity index (χ2n) is 6.99. The number of fused-ring (bicyclic) bond motifs is 8. The zero-order chi connectivity index (χ0) is 16.4. The van der Waals surface area contributed by atoms with Crippen LogP contribution in [0, 0.1) is 13.8 Å². The molecule has 0 amide bonds. The second kappa shape index (κ2) is 4.67. The Morgan fingerprint density at radius 3 is 2.38 bits per heavy atom. The van der Waals surface area contributed by atoms with Gasteiger partial charge in [-0.25, -0.2) is 0 Å². The zero-order valence-electron chi connectivity index (χ0n) is 14.3. The Labute approximate surface area is 141 Å². The molecule has 0 unspecified atom stereocenters. The van der Waals surface area contributed by atoms with Crippen molar-refractivity contribution in [2.24, 2.45) is 4.99 Å². The minimum absolute atomic E-state index is 0.968. The van der Waals surface area contributed by atoms with Gasteiger partial charge in [-0.2, -0.15) is 0 Å². The topological polar surface area (TPSA) is 12.4 Å². The van der Waals surface area contributed by atoms with Crippen molar-refractivity contribution in [3.05, 3.63) is 65.2 Å². The highest BCUT2D eigenvalue weighted by molar-refractivity contribution is 6.25. The summed E-state index contributed by atoms with van der Waals surface area (Å²) in [6.45, 7) is 6.60. The zero-order valence-corrected chi connectivity index (χ0v) is 14.3. The van der Waals surface area contributed by atoms with E-state index >= 15 is 0 Å². The van der Waals surface area contributed by atoms with Gasteiger partial charge < -0.3 is 0 Å². The maximum Gasteiger partial charge on any atom is 0.0755 e. The van der Waals surface area contributed by atoms with Crippen molar-refractivity contribution < 1.29 is 0 Å². The molecular weight excluding hydrogens is 290 g/mol. The summed E-state index contributed by atoms with van der Waals surface area (Å²) < 4.78 is 0. The molecule has 4 aromatic rings. The fourth-order valence-corrected chi connectivity index (χ4v) is 4.23. The molecule has 116 valence electrons. The summed E-state index contributed by atoms with van der Waals surface area (Å²) >= 11 is 0. The van der Waals surface area contributed by atoms with E-state index in [2.05, 4.69) is 69.3 Å². The van der Waals surface area contributed by atoms with Crippen LogP contribution in [0.1, 0.15) is 23.6 Å². The smallest absolute Gasteiger partial charge is 0.0755 e. The van der Waals surface area contributed by atoms with Crippen LogP contribution in [-0.2, 0) is 6.42 Å². The molecule has 0 atom stereocenters. The van der Waals surface area contributed by atoms with Gasteiger partial charge >= 0.3 is 0 Å². The Morgan fingerprint density at radius 2 is 1.50 bits per heavy atom. The predicted molar refractivity (Wildman–Crippen MR) is 105 cm³/mol. The van der Waals surface area contributed by atoms with Crippen molar-refractivity contribution in [2.45, 2.75) is 27.2 Å². The number of hydrogen-bond donors (Lipinski definition) is 0. The van der Waals surface area contributed by atoms with Gasteiger partial charge in [-0.05, 0) is 64.4 Å². The van der Waals surface area contributed by atoms with E-state index in [1.54, 1.807) is 0 Å². The molecule has 0 aliphatic carbocycles. The summed E-state index contributed by atoms with van der Waals surface area (Å²) in [5.74, 6) is 0. The minimum atomic E-state index is 0.968. The molecule has 0 aromatic heterocycles. The minimum Gasteiger partial charge on any atom is -0.257 e. The molecule has 1 aliphatic heterocycles. The summed E-state index contributed by atoms with van der Waals surface area (Å²) in [5, 5.41) is 8.01. The average Bonchev–Trinajstić information content (AvgIpc) is 2.98. The molecule has 24 heavy (non-hydrogen) atoms. The van der Waals surface area contributed by atoms with Crippen LogP contribution in [0.15, 0.2) is 53.5 Å². The van der Waals surface area contributed by atoms with E-state index in [0.717, 1.165) is 6.42 Å². The molecule has 1 heterocycles. The Morgan fingerprint density at radius 1 is 0.750 bits per heavy atom. The number of nitrogens with zero attached hydrogens (tertiary/aromatic N) is 1. The van der Waals surface area contributed by atoms with Crippen LogP contribution >= 0.6 is 0 Å². The Balaban J connectivity index is 2.14. The SMILES string of the molecule is CC1=Nc2c(c3c(C)c(C)ccc3c3ccc4ccccc4c23)C1. The summed E-state index contributed by atoms with van der Waals surface area (Å²) in [7, 11) is 0. The van der Waals surface area contributed by atoms with Crippen molar-refractivity contribution in [2.75, 3.05) is 0 Å². The van der Waals surface area contributed by atoms with E-state index in [0.29, 0.717) is 0 Å². The van der Waals surface area contributed by atoms with Gasteiger partial charge in [-0.15, -0.1) is 0 Å². The van der Waals surface area contributed by atoms with E-state index in [-0.39, 0.29) is 0 Å². The van der Waals surface area contributed by atoms with Gasteiger partial charge in [0, 0.05) is 17.5 Å². The Hall–Kier alpha value is -2.67. The molecule has 0 bridgehead atoms. The second-order valence-corrected chi connectivity index (χ2v) is 6.99. The normalized spacial score (nSPS) is 13.7. The molecule has 1 nitrogen and oxygen atoms in total. The molecule has 0 saturated carbocycles. The van der Waals surface area contributed by atoms with Crippen molar-refractivity contribution in [3.63, 3.8) is 0 Å². The molecule has 0 fully saturated rings. The summed E-state index contributed by atoms with van der Waals surface area (Å²) in [4.78, 5) is 4.97. The van der Waals surface area contributed by atoms with Gasteiger partial charge in [0.15, 0.2) is 0 Å². The summed E-state index contributed by atoms with van der Waals surface area (Å²) in [6, 6.07) is 17.7. The van der Waals surface area contributed by atoms with E-state index in [1.807, 2.05) is 0 Å². The van der Waals surface area contributed by atoms with Crippen LogP contribution in [0.3, 0.4) is 0 Å². The van der Waals surface area contributed by atoms with Crippen LogP contribution in [0.5, 0.6) is 0 Å². The monoisotopic (exact) mass is 309 g/mol. The van der Waals surface area contributed by atoms with Gasteiger partial charge in [0.25, 0.3) is 0 Å². The van der Waals surface area contributed by atoms with E-state index in [9.17, 15) is 0 Å². The first-order valence-corrected chi connectivity index (χ1v) is 8.55. The number of hydrogen-bond acceptors (Lipinski definition) is 1. The van der Waals surface area contributed by atoms with Crippen molar-refractivity contribution in [1.82, 2.24) is 0 Å². The standard InChI is InChI=1S/C23H19N/c1-13-8-10-18-19-11-9-16-6-4-5-7-17(16)22(19)23-20(12-14(2)24-23)21(18)15(13)3/h4-11H,12H2,1-3H3. The van der Waals surface area contributed by atoms with Gasteiger partial charge in [0.05, 0.1) is 5.69 Å². The lowest BCUT2D eigenvalue weighted by molar-refractivity contribution is 1.35. The van der Waals surface area contributed by atoms with Gasteiger partial charge in [-0.1, -0.05) is 48.5 Å². The summed E-state index contributed by atoms with van der Waals surface area (Å²) in [5.41, 5.74) is 6.57. The highest BCUT2D eigenvalue weighted by Gasteiger charge is 2.22. The molecule has 1 heteroatoms. The molecule has 1 aliphatic rings. The van der Waals surface area contributed by atoms with Gasteiger partial charge in [-0.3, -0.25) is 4.99 Å². The highest BCUT2D eigenvalue weighted by atomic mass is 14.8. The third-order valence-electron chi connectivity index (χ3n) is 5.51. The number of aryl methyl sites for hydroxylation is 2. The van der Waals surface area contributed by atoms with Crippen LogP contribution in [0.2, 0.25) is 0 Å². The maximum atomic E-state index is 4.97. The average molecular weight is 309 g/mol. The molecular formula is C23H19N. The van der Waals surface area contributed by atoms with Gasteiger partial charge in [0.2, 0.25) is 0 Å². The van der Waals surface area contributed by atoms with E-state index in [1.165, 1.54) is 60.4 Å². The largest absolute Gasteiger partial charge is 0.257 e. The van der Waals surface area contributed by atoms with Crippen molar-refractivity contribution in [3.8, 4) is 0 Å². The van der Waals surface area contributed by atoms with Crippen LogP contribution < -0.4 is 0 Å². The fourth-order valence-electron chi connectivity index (χ4n) is 4.23. The van der Waals surface area contributed by atoms with Crippen LogP contribution in [0.4, 0.5) is 5.69 Å². The van der Waals surface area contributed by atoms with Gasteiger partial charge in [0.1, 0.15) is 0 Å². The Bertz CT molecular complexity index is 1200. The first kappa shape index (κ1) is 13.7. The lowest BCUT2D eigenvalue weighted by Crippen LogP contribution is -1.94. The molecule has 5 rings (SSSR count). The molecule has 0 N–H and O–H groups in total. The van der Waals surface area contributed by atoms with Crippen LogP contribution in [-0.4, -0.2) is 5.71 Å². The van der Waals surface area contributed by atoms with Crippen molar-refractivity contribution >= 4 is 43.7 Å². The first-order chi connectivity index (χ1) is 11.6. The van der Waals surface area contributed by atoms with E-state index in [4.69, 9.17) is 4.99 Å². The van der Waals surface area contributed by atoms with E-state index < -0.39 is 0 Å². The van der Waals surface area contributed by atoms with Crippen molar-refractivity contribution in [1.29, 1.82) is 0 Å². The lowest BCUT2D eigenvalue weighted by atomic mass is 9.88. The maximum absolute atomic E-state index is 4.97. The number of benzene rings is 4. The molecule has 4 aromatic carbocycles. The number of aliphatic imine (C=N–C) groups is 1. The Kier molecular flexibility index (Phi) is 2.67. The number of rotatable bonds is 0. The highest BCUT2D eigenvalue weighted by Crippen LogP contribution is 2.45. The molecule has 0 radical (unpaired) electrons. The molecule has 0 saturated heterocycles. The third-order valence-corrected chi connectivity index (χ3v) is 5.51. The summed E-state index contributed by atoms with van der Waals surface area (Å²) in [6.07, 6.45) is 0.968. The predicted octanol–water partition coefficient (Wildman–Crippen LogP) is 6.41. The lowest BCUT2D eigenvalue weighted by Gasteiger charge is -2.16. The molecule has 0 spiro atoms. The van der Waals surface area contributed by atoms with Crippen LogP contribution in [0.25, 0.3) is 32.3 Å². The first-order valence-electron chi connectivity index (χ1n) is 8.55. The quantitative estimate of drug-likeness (QED) is 0.333.